The van der Waals surface area contributed by atoms with Gasteiger partial charge in [-0.1, -0.05) is 0 Å². The van der Waals surface area contributed by atoms with Crippen LogP contribution in [-0.2, 0) is 0 Å². The van der Waals surface area contributed by atoms with Crippen molar-refractivity contribution in [2.24, 2.45) is 5.73 Å². The van der Waals surface area contributed by atoms with E-state index in [9.17, 15) is 0 Å². The molecule has 0 aliphatic rings. The number of nitrogens with two attached hydrogens (primary N) is 1. The highest BCUT2D eigenvalue weighted by Crippen LogP contribution is 2.05. The maximum Gasteiger partial charge on any atom is 0.123 e. The lowest BCUT2D eigenvalue weighted by molar-refractivity contribution is 0.275. The molecule has 1 rings (SSSR count). The van der Waals surface area contributed by atoms with Crippen molar-refractivity contribution in [3.8, 4) is 0 Å². The molecule has 0 unspecified atom stereocenters. The Labute approximate surface area is 59.1 Å². The zero-order valence-electron chi connectivity index (χ0n) is 5.62. The molecule has 0 radical (unpaired) electrons. The standard InChI is InChI=1S/C6H11N3O/c7-5(1-4-10)6-8-2-3-9-6/h2-3,5,10H,1,4,7H2,(H,8,9)/t5-/m1/s1. The van der Waals surface area contributed by atoms with Crippen molar-refractivity contribution in [1.82, 2.24) is 9.97 Å². The van der Waals surface area contributed by atoms with Gasteiger partial charge in [0.15, 0.2) is 0 Å². The van der Waals surface area contributed by atoms with E-state index in [0.29, 0.717) is 6.42 Å². The number of H-pyrrole nitrogens is 1. The van der Waals surface area contributed by atoms with E-state index in [4.69, 9.17) is 10.8 Å². The molecule has 1 atom stereocenters. The van der Waals surface area contributed by atoms with Crippen molar-refractivity contribution in [1.29, 1.82) is 0 Å². The molecule has 4 nitrogen and oxygen atoms in total. The molecule has 0 aliphatic heterocycles. The fourth-order valence-corrected chi connectivity index (χ4v) is 0.756. The van der Waals surface area contributed by atoms with Crippen molar-refractivity contribution >= 4 is 0 Å². The first-order valence-corrected chi connectivity index (χ1v) is 3.20. The molecule has 0 saturated heterocycles. The number of hydrogen-bond donors (Lipinski definition) is 3. The molecule has 0 aromatic carbocycles. The Bertz CT molecular complexity index is 173. The highest BCUT2D eigenvalue weighted by atomic mass is 16.3. The smallest absolute Gasteiger partial charge is 0.123 e. The lowest BCUT2D eigenvalue weighted by Gasteiger charge is -2.04. The lowest BCUT2D eigenvalue weighted by atomic mass is 10.2. The first-order chi connectivity index (χ1) is 4.84. The molecule has 56 valence electrons. The van der Waals surface area contributed by atoms with Gasteiger partial charge in [0.05, 0.1) is 6.04 Å². The number of aliphatic hydroxyl groups excluding tert-OH is 1. The van der Waals surface area contributed by atoms with Crippen molar-refractivity contribution in [2.75, 3.05) is 6.61 Å². The van der Waals surface area contributed by atoms with Gasteiger partial charge in [-0.15, -0.1) is 0 Å². The number of rotatable bonds is 3. The van der Waals surface area contributed by atoms with Gasteiger partial charge in [0.2, 0.25) is 0 Å². The summed E-state index contributed by atoms with van der Waals surface area (Å²) in [6, 6.07) is -0.167. The quantitative estimate of drug-likeness (QED) is 0.545. The van der Waals surface area contributed by atoms with E-state index in [1.807, 2.05) is 0 Å². The van der Waals surface area contributed by atoms with Crippen LogP contribution < -0.4 is 5.73 Å². The number of imidazole rings is 1. The van der Waals surface area contributed by atoms with Gasteiger partial charge in [-0.2, -0.15) is 0 Å². The minimum Gasteiger partial charge on any atom is -0.396 e. The molecule has 0 amide bonds. The second-order valence-corrected chi connectivity index (χ2v) is 2.09. The average Bonchev–Trinajstić information content (AvgIpc) is 2.38. The molecule has 10 heavy (non-hydrogen) atoms. The normalized spacial score (nSPS) is 13.4. The van der Waals surface area contributed by atoms with Crippen LogP contribution in [0.2, 0.25) is 0 Å². The Kier molecular flexibility index (Phi) is 2.42. The summed E-state index contributed by atoms with van der Waals surface area (Å²) >= 11 is 0. The second kappa shape index (κ2) is 3.34. The van der Waals surface area contributed by atoms with Crippen LogP contribution in [0.15, 0.2) is 12.4 Å². The molecule has 1 heterocycles. The molecule has 4 N–H and O–H groups in total. The Morgan fingerprint density at radius 3 is 3.10 bits per heavy atom. The van der Waals surface area contributed by atoms with E-state index in [1.54, 1.807) is 12.4 Å². The van der Waals surface area contributed by atoms with Gasteiger partial charge >= 0.3 is 0 Å². The van der Waals surface area contributed by atoms with E-state index >= 15 is 0 Å². The molecule has 1 aromatic heterocycles. The Morgan fingerprint density at radius 1 is 1.80 bits per heavy atom. The highest BCUT2D eigenvalue weighted by molar-refractivity contribution is 4.93. The summed E-state index contributed by atoms with van der Waals surface area (Å²) in [4.78, 5) is 6.82. The van der Waals surface area contributed by atoms with E-state index in [-0.39, 0.29) is 12.6 Å². The van der Waals surface area contributed by atoms with Gasteiger partial charge < -0.3 is 15.8 Å². The first kappa shape index (κ1) is 7.24. The number of nitrogens with zero attached hydrogens (tertiary/aromatic N) is 1. The summed E-state index contributed by atoms with van der Waals surface area (Å²) in [5.41, 5.74) is 5.60. The van der Waals surface area contributed by atoms with E-state index in [1.165, 1.54) is 0 Å². The molecular formula is C6H11N3O. The molecule has 0 aliphatic carbocycles. The minimum atomic E-state index is -0.167. The van der Waals surface area contributed by atoms with Crippen LogP contribution in [0.5, 0.6) is 0 Å². The fraction of sp³-hybridized carbons (Fsp3) is 0.500. The van der Waals surface area contributed by atoms with Crippen LogP contribution in [-0.4, -0.2) is 21.7 Å². The molecule has 4 heteroatoms. The van der Waals surface area contributed by atoms with Crippen molar-refractivity contribution in [3.63, 3.8) is 0 Å². The van der Waals surface area contributed by atoms with Crippen molar-refractivity contribution in [3.05, 3.63) is 18.2 Å². The van der Waals surface area contributed by atoms with Crippen molar-refractivity contribution < 1.29 is 5.11 Å². The fourth-order valence-electron chi connectivity index (χ4n) is 0.756. The summed E-state index contributed by atoms with van der Waals surface area (Å²) in [5.74, 6) is 0.731. The first-order valence-electron chi connectivity index (χ1n) is 3.20. The molecule has 0 fully saturated rings. The number of nitrogens with one attached hydrogen (secondary N) is 1. The van der Waals surface area contributed by atoms with Gasteiger partial charge in [-0.05, 0) is 6.42 Å². The molecule has 0 bridgehead atoms. The van der Waals surface area contributed by atoms with Crippen LogP contribution in [0.1, 0.15) is 18.3 Å². The van der Waals surface area contributed by atoms with Crippen LogP contribution in [0, 0.1) is 0 Å². The second-order valence-electron chi connectivity index (χ2n) is 2.09. The summed E-state index contributed by atoms with van der Waals surface area (Å²) in [7, 11) is 0. The van der Waals surface area contributed by atoms with Gasteiger partial charge in [0.25, 0.3) is 0 Å². The lowest BCUT2D eigenvalue weighted by Crippen LogP contribution is -2.13. The maximum atomic E-state index is 8.51. The maximum absolute atomic E-state index is 8.51. The molecular weight excluding hydrogens is 130 g/mol. The number of hydrogen-bond acceptors (Lipinski definition) is 3. The third-order valence-corrected chi connectivity index (χ3v) is 1.31. The van der Waals surface area contributed by atoms with Crippen molar-refractivity contribution in [2.45, 2.75) is 12.5 Å². The third-order valence-electron chi connectivity index (χ3n) is 1.31. The van der Waals surface area contributed by atoms with Crippen LogP contribution in [0.4, 0.5) is 0 Å². The van der Waals surface area contributed by atoms with Gasteiger partial charge in [0.1, 0.15) is 5.82 Å². The summed E-state index contributed by atoms with van der Waals surface area (Å²) in [6.07, 6.45) is 3.91. The largest absolute Gasteiger partial charge is 0.396 e. The molecule has 0 saturated carbocycles. The predicted molar refractivity (Wildman–Crippen MR) is 37.2 cm³/mol. The van der Waals surface area contributed by atoms with Crippen LogP contribution in [0.3, 0.4) is 0 Å². The molecule has 1 aromatic rings. The van der Waals surface area contributed by atoms with E-state index < -0.39 is 0 Å². The van der Waals surface area contributed by atoms with Gasteiger partial charge in [-0.3, -0.25) is 0 Å². The average molecular weight is 141 g/mol. The Morgan fingerprint density at radius 2 is 2.60 bits per heavy atom. The predicted octanol–water partition coefficient (Wildman–Crippen LogP) is -0.208. The van der Waals surface area contributed by atoms with Gasteiger partial charge in [0, 0.05) is 19.0 Å². The van der Waals surface area contributed by atoms with Crippen LogP contribution in [0.25, 0.3) is 0 Å². The highest BCUT2D eigenvalue weighted by Gasteiger charge is 2.05. The van der Waals surface area contributed by atoms with Gasteiger partial charge in [-0.25, -0.2) is 4.98 Å². The monoisotopic (exact) mass is 141 g/mol. The summed E-state index contributed by atoms with van der Waals surface area (Å²) < 4.78 is 0. The van der Waals surface area contributed by atoms with E-state index in [0.717, 1.165) is 5.82 Å². The Balaban J connectivity index is 2.50. The minimum absolute atomic E-state index is 0.0991. The zero-order chi connectivity index (χ0) is 7.40. The molecule has 0 spiro atoms. The van der Waals surface area contributed by atoms with E-state index in [2.05, 4.69) is 9.97 Å². The number of aliphatic hydroxyl groups is 1. The zero-order valence-corrected chi connectivity index (χ0v) is 5.62. The summed E-state index contributed by atoms with van der Waals surface area (Å²) in [5, 5.41) is 8.51. The Hall–Kier alpha value is -0.870. The van der Waals surface area contributed by atoms with Crippen LogP contribution >= 0.6 is 0 Å². The third kappa shape index (κ3) is 1.55. The summed E-state index contributed by atoms with van der Waals surface area (Å²) in [6.45, 7) is 0.0991. The number of aromatic amines is 1. The topological polar surface area (TPSA) is 74.9 Å². The SMILES string of the molecule is N[C@H](CCO)c1ncc[nH]1. The number of aromatic nitrogens is 2.